The van der Waals surface area contributed by atoms with Crippen molar-refractivity contribution >= 4 is 40.3 Å². The molecular formula is C22H25N3O4S. The lowest BCUT2D eigenvalue weighted by Gasteiger charge is -2.18. The van der Waals surface area contributed by atoms with Crippen molar-refractivity contribution in [3.8, 4) is 0 Å². The average molecular weight is 428 g/mol. The van der Waals surface area contributed by atoms with Crippen molar-refractivity contribution in [2.45, 2.75) is 40.0 Å². The molecule has 2 aromatic rings. The highest BCUT2D eigenvalue weighted by Crippen LogP contribution is 2.40. The number of anilines is 1. The number of nitrogens with one attached hydrogen (secondary N) is 2. The van der Waals surface area contributed by atoms with E-state index in [9.17, 15) is 14.4 Å². The minimum absolute atomic E-state index is 0.238. The first-order valence-corrected chi connectivity index (χ1v) is 10.7. The van der Waals surface area contributed by atoms with Crippen LogP contribution in [-0.2, 0) is 27.2 Å². The predicted octanol–water partition coefficient (Wildman–Crippen LogP) is 3.45. The van der Waals surface area contributed by atoms with Crippen LogP contribution in [-0.4, -0.2) is 30.6 Å². The minimum Gasteiger partial charge on any atom is -0.462 e. The zero-order chi connectivity index (χ0) is 21.7. The fraction of sp³-hybridized carbons (Fsp3) is 0.364. The Morgan fingerprint density at radius 3 is 2.67 bits per heavy atom. The van der Waals surface area contributed by atoms with Crippen LogP contribution in [0.1, 0.15) is 52.2 Å². The van der Waals surface area contributed by atoms with Crippen LogP contribution in [0.25, 0.3) is 0 Å². The standard InChI is InChI=1S/C22H25N3O4S/c1-4-29-22(28)18-16-10-7-14(3)11-17(16)30-21(18)24-19(26)20(27)25-23-12-15-8-5-13(2)6-9-15/h5-6,8-9,12,14H,4,7,10-11H2,1-3H3,(H,24,26)(H,25,27). The van der Waals surface area contributed by atoms with Crippen LogP contribution < -0.4 is 10.7 Å². The van der Waals surface area contributed by atoms with Crippen LogP contribution in [0.2, 0.25) is 0 Å². The molecule has 1 aromatic heterocycles. The molecule has 0 saturated heterocycles. The van der Waals surface area contributed by atoms with Gasteiger partial charge in [0.2, 0.25) is 0 Å². The van der Waals surface area contributed by atoms with E-state index < -0.39 is 17.8 Å². The Morgan fingerprint density at radius 2 is 1.97 bits per heavy atom. The highest BCUT2D eigenvalue weighted by Gasteiger charge is 2.30. The summed E-state index contributed by atoms with van der Waals surface area (Å²) in [5, 5.41) is 6.75. The smallest absolute Gasteiger partial charge is 0.341 e. The first kappa shape index (κ1) is 21.7. The van der Waals surface area contributed by atoms with Crippen molar-refractivity contribution in [1.29, 1.82) is 0 Å². The van der Waals surface area contributed by atoms with Gasteiger partial charge in [0, 0.05) is 4.88 Å². The molecule has 30 heavy (non-hydrogen) atoms. The van der Waals surface area contributed by atoms with E-state index in [0.29, 0.717) is 16.5 Å². The van der Waals surface area contributed by atoms with Gasteiger partial charge in [-0.25, -0.2) is 10.2 Å². The van der Waals surface area contributed by atoms with Crippen molar-refractivity contribution in [2.75, 3.05) is 11.9 Å². The van der Waals surface area contributed by atoms with E-state index >= 15 is 0 Å². The van der Waals surface area contributed by atoms with Crippen molar-refractivity contribution in [3.63, 3.8) is 0 Å². The Kier molecular flexibility index (Phi) is 6.99. The summed E-state index contributed by atoms with van der Waals surface area (Å²) in [4.78, 5) is 38.1. The molecule has 1 aromatic carbocycles. The Labute approximate surface area is 179 Å². The van der Waals surface area contributed by atoms with Crippen molar-refractivity contribution in [1.82, 2.24) is 5.43 Å². The first-order chi connectivity index (χ1) is 14.4. The van der Waals surface area contributed by atoms with Crippen molar-refractivity contribution in [3.05, 3.63) is 51.4 Å². The minimum atomic E-state index is -0.909. The molecule has 0 fully saturated rings. The number of ether oxygens (including phenoxy) is 1. The highest BCUT2D eigenvalue weighted by molar-refractivity contribution is 7.17. The van der Waals surface area contributed by atoms with E-state index in [0.717, 1.165) is 40.8 Å². The summed E-state index contributed by atoms with van der Waals surface area (Å²) >= 11 is 1.34. The molecule has 1 aliphatic rings. The summed E-state index contributed by atoms with van der Waals surface area (Å²) in [5.74, 6) is -1.76. The fourth-order valence-corrected chi connectivity index (χ4v) is 4.68. The van der Waals surface area contributed by atoms with Gasteiger partial charge in [-0.1, -0.05) is 36.8 Å². The van der Waals surface area contributed by atoms with Gasteiger partial charge in [-0.2, -0.15) is 5.10 Å². The van der Waals surface area contributed by atoms with Crippen molar-refractivity contribution < 1.29 is 19.1 Å². The molecule has 0 aliphatic heterocycles. The van der Waals surface area contributed by atoms with Gasteiger partial charge in [-0.15, -0.1) is 11.3 Å². The second-order valence-corrected chi connectivity index (χ2v) is 8.45. The molecule has 0 spiro atoms. The van der Waals surface area contributed by atoms with Crippen LogP contribution >= 0.6 is 11.3 Å². The SMILES string of the molecule is CCOC(=O)c1c(NC(=O)C(=O)NN=Cc2ccc(C)cc2)sc2c1CCC(C)C2. The number of aryl methyl sites for hydroxylation is 1. The zero-order valence-electron chi connectivity index (χ0n) is 17.3. The number of hydrogen-bond acceptors (Lipinski definition) is 6. The summed E-state index contributed by atoms with van der Waals surface area (Å²) in [5.41, 5.74) is 5.41. The number of rotatable bonds is 5. The number of thiophene rings is 1. The quantitative estimate of drug-likeness (QED) is 0.331. The number of carbonyl (C=O) groups is 3. The maximum Gasteiger partial charge on any atom is 0.341 e. The lowest BCUT2D eigenvalue weighted by atomic mass is 9.88. The van der Waals surface area contributed by atoms with Gasteiger partial charge in [-0.3, -0.25) is 9.59 Å². The van der Waals surface area contributed by atoms with E-state index in [1.807, 2.05) is 31.2 Å². The summed E-state index contributed by atoms with van der Waals surface area (Å²) in [6.07, 6.45) is 4.02. The van der Waals surface area contributed by atoms with E-state index in [1.54, 1.807) is 6.92 Å². The predicted molar refractivity (Wildman–Crippen MR) is 117 cm³/mol. The van der Waals surface area contributed by atoms with Crippen LogP contribution in [0.4, 0.5) is 5.00 Å². The summed E-state index contributed by atoms with van der Waals surface area (Å²) in [6, 6.07) is 7.56. The molecule has 1 atom stereocenters. The number of nitrogens with zero attached hydrogens (tertiary/aromatic N) is 1. The van der Waals surface area contributed by atoms with Crippen LogP contribution in [0.3, 0.4) is 0 Å². The molecule has 0 saturated carbocycles. The number of fused-ring (bicyclic) bond motifs is 1. The maximum atomic E-state index is 12.5. The van der Waals surface area contributed by atoms with E-state index in [1.165, 1.54) is 17.6 Å². The monoisotopic (exact) mass is 427 g/mol. The molecule has 3 rings (SSSR count). The Balaban J connectivity index is 1.71. The molecule has 2 N–H and O–H groups in total. The number of hydrazone groups is 1. The van der Waals surface area contributed by atoms with Gasteiger partial charge in [0.15, 0.2) is 0 Å². The van der Waals surface area contributed by atoms with E-state index in [4.69, 9.17) is 4.74 Å². The zero-order valence-corrected chi connectivity index (χ0v) is 18.1. The molecule has 0 radical (unpaired) electrons. The Morgan fingerprint density at radius 1 is 1.23 bits per heavy atom. The number of carbonyl (C=O) groups excluding carboxylic acids is 3. The van der Waals surface area contributed by atoms with Gasteiger partial charge in [-0.05, 0) is 50.2 Å². The molecule has 0 bridgehead atoms. The van der Waals surface area contributed by atoms with E-state index in [2.05, 4.69) is 22.8 Å². The van der Waals surface area contributed by atoms with Gasteiger partial charge in [0.1, 0.15) is 5.00 Å². The van der Waals surface area contributed by atoms with Crippen LogP contribution in [0.15, 0.2) is 29.4 Å². The molecule has 1 unspecified atom stereocenters. The summed E-state index contributed by atoms with van der Waals surface area (Å²) < 4.78 is 5.18. The van der Waals surface area contributed by atoms with Gasteiger partial charge >= 0.3 is 17.8 Å². The number of benzene rings is 1. The average Bonchev–Trinajstić information content (AvgIpc) is 3.06. The summed E-state index contributed by atoms with van der Waals surface area (Å²) in [6.45, 7) is 6.10. The molecule has 1 aliphatic carbocycles. The summed E-state index contributed by atoms with van der Waals surface area (Å²) in [7, 11) is 0. The third-order valence-corrected chi connectivity index (χ3v) is 6.05. The van der Waals surface area contributed by atoms with Crippen LogP contribution in [0.5, 0.6) is 0 Å². The van der Waals surface area contributed by atoms with Gasteiger partial charge in [0.25, 0.3) is 0 Å². The second-order valence-electron chi connectivity index (χ2n) is 7.34. The third-order valence-electron chi connectivity index (χ3n) is 4.88. The first-order valence-electron chi connectivity index (χ1n) is 9.91. The molecule has 2 amide bonds. The third kappa shape index (κ3) is 5.13. The normalized spacial score (nSPS) is 15.5. The van der Waals surface area contributed by atoms with Crippen LogP contribution in [0, 0.1) is 12.8 Å². The largest absolute Gasteiger partial charge is 0.462 e. The molecular weight excluding hydrogens is 402 g/mol. The number of hydrogen-bond donors (Lipinski definition) is 2. The molecule has 8 heteroatoms. The lowest BCUT2D eigenvalue weighted by molar-refractivity contribution is -0.136. The number of amides is 2. The lowest BCUT2D eigenvalue weighted by Crippen LogP contribution is -2.32. The number of esters is 1. The fourth-order valence-electron chi connectivity index (χ4n) is 3.29. The van der Waals surface area contributed by atoms with Gasteiger partial charge < -0.3 is 10.1 Å². The molecule has 158 valence electrons. The van der Waals surface area contributed by atoms with Crippen molar-refractivity contribution in [2.24, 2.45) is 11.0 Å². The Bertz CT molecular complexity index is 979. The second kappa shape index (κ2) is 9.67. The van der Waals surface area contributed by atoms with Gasteiger partial charge in [0.05, 0.1) is 18.4 Å². The van der Waals surface area contributed by atoms with E-state index in [-0.39, 0.29) is 6.61 Å². The maximum absolute atomic E-state index is 12.5. The Hall–Kier alpha value is -3.00. The topological polar surface area (TPSA) is 96.9 Å². The molecule has 7 nitrogen and oxygen atoms in total. The highest BCUT2D eigenvalue weighted by atomic mass is 32.1. The molecule has 1 heterocycles.